The largest absolute Gasteiger partial charge is 0.341 e. The second kappa shape index (κ2) is 4.05. The molecular formula is C8H6ClN5O. The molecule has 2 heterocycles. The van der Waals surface area contributed by atoms with Gasteiger partial charge in [-0.05, 0) is 11.6 Å². The predicted octanol–water partition coefficient (Wildman–Crippen LogP) is 1.11. The molecule has 2 aromatic heterocycles. The fourth-order valence-electron chi connectivity index (χ4n) is 0.957. The number of halogens is 1. The second-order valence-corrected chi connectivity index (χ2v) is 2.97. The number of amides is 1. The number of rotatable bonds is 2. The van der Waals surface area contributed by atoms with E-state index in [4.69, 9.17) is 11.6 Å². The Kier molecular flexibility index (Phi) is 2.59. The minimum Gasteiger partial charge on any atom is -0.341 e. The highest BCUT2D eigenvalue weighted by Gasteiger charge is 2.07. The summed E-state index contributed by atoms with van der Waals surface area (Å²) in [6.07, 6.45) is 5.88. The van der Waals surface area contributed by atoms with Crippen molar-refractivity contribution in [3.05, 3.63) is 35.9 Å². The Balaban J connectivity index is 2.09. The van der Waals surface area contributed by atoms with E-state index in [1.807, 2.05) is 0 Å². The number of H-pyrrole nitrogens is 1. The summed E-state index contributed by atoms with van der Waals surface area (Å²) < 4.78 is 0. The highest BCUT2D eigenvalue weighted by atomic mass is 35.5. The number of hydrogen-bond donors (Lipinski definition) is 2. The quantitative estimate of drug-likeness (QED) is 0.747. The fraction of sp³-hybridized carbons (Fsp3) is 0. The molecule has 2 rings (SSSR count). The van der Waals surface area contributed by atoms with Gasteiger partial charge in [-0.15, -0.1) is 0 Å². The molecule has 0 fully saturated rings. The number of nitrogens with zero attached hydrogens (tertiary/aromatic N) is 3. The maximum absolute atomic E-state index is 11.5. The molecule has 0 saturated heterocycles. The number of hydrogen-bond acceptors (Lipinski definition) is 4. The molecule has 6 nitrogen and oxygen atoms in total. The number of aromatic nitrogens is 4. The van der Waals surface area contributed by atoms with Crippen molar-refractivity contribution in [2.75, 3.05) is 5.32 Å². The van der Waals surface area contributed by atoms with Crippen LogP contribution in [-0.2, 0) is 0 Å². The van der Waals surface area contributed by atoms with Crippen LogP contribution in [0.5, 0.6) is 0 Å². The number of carbonyl (C=O) groups is 1. The molecule has 0 atom stereocenters. The third-order valence-electron chi connectivity index (χ3n) is 1.59. The Hall–Kier alpha value is -1.95. The predicted molar refractivity (Wildman–Crippen MR) is 53.6 cm³/mol. The number of nitrogens with one attached hydrogen (secondary N) is 2. The SMILES string of the molecule is O=C(Nc1cnc(Cl)nc1)c1ncc[nH]1. The van der Waals surface area contributed by atoms with E-state index in [0.29, 0.717) is 5.69 Å². The van der Waals surface area contributed by atoms with E-state index in [-0.39, 0.29) is 17.0 Å². The van der Waals surface area contributed by atoms with Gasteiger partial charge in [-0.2, -0.15) is 0 Å². The van der Waals surface area contributed by atoms with Gasteiger partial charge in [-0.25, -0.2) is 15.0 Å². The molecule has 0 aliphatic heterocycles. The van der Waals surface area contributed by atoms with Gasteiger partial charge in [0.15, 0.2) is 5.82 Å². The summed E-state index contributed by atoms with van der Waals surface area (Å²) >= 11 is 5.49. The van der Waals surface area contributed by atoms with Gasteiger partial charge in [0.05, 0.1) is 18.1 Å². The third kappa shape index (κ3) is 2.29. The summed E-state index contributed by atoms with van der Waals surface area (Å²) in [6, 6.07) is 0. The fourth-order valence-corrected chi connectivity index (χ4v) is 1.05. The smallest absolute Gasteiger partial charge is 0.291 e. The van der Waals surface area contributed by atoms with Gasteiger partial charge in [-0.1, -0.05) is 0 Å². The van der Waals surface area contributed by atoms with Crippen LogP contribution in [0, 0.1) is 0 Å². The topological polar surface area (TPSA) is 83.6 Å². The van der Waals surface area contributed by atoms with Gasteiger partial charge < -0.3 is 10.3 Å². The lowest BCUT2D eigenvalue weighted by molar-refractivity contribution is 0.101. The zero-order chi connectivity index (χ0) is 10.7. The Morgan fingerprint density at radius 1 is 1.33 bits per heavy atom. The van der Waals surface area contributed by atoms with Gasteiger partial charge >= 0.3 is 0 Å². The van der Waals surface area contributed by atoms with E-state index in [2.05, 4.69) is 25.3 Å². The van der Waals surface area contributed by atoms with Crippen molar-refractivity contribution in [3.63, 3.8) is 0 Å². The monoisotopic (exact) mass is 223 g/mol. The van der Waals surface area contributed by atoms with Crippen LogP contribution >= 0.6 is 11.6 Å². The lowest BCUT2D eigenvalue weighted by Gasteiger charge is -2.00. The van der Waals surface area contributed by atoms with Crippen LogP contribution in [0.3, 0.4) is 0 Å². The van der Waals surface area contributed by atoms with Crippen molar-refractivity contribution in [1.29, 1.82) is 0 Å². The van der Waals surface area contributed by atoms with Crippen molar-refractivity contribution in [1.82, 2.24) is 19.9 Å². The molecule has 76 valence electrons. The first kappa shape index (κ1) is 9.60. The zero-order valence-corrected chi connectivity index (χ0v) is 8.19. The maximum Gasteiger partial charge on any atom is 0.291 e. The van der Waals surface area contributed by atoms with Crippen molar-refractivity contribution in [3.8, 4) is 0 Å². The first-order valence-corrected chi connectivity index (χ1v) is 4.42. The van der Waals surface area contributed by atoms with Crippen molar-refractivity contribution in [2.45, 2.75) is 0 Å². The summed E-state index contributed by atoms with van der Waals surface area (Å²) in [5, 5.41) is 2.69. The van der Waals surface area contributed by atoms with E-state index in [9.17, 15) is 4.79 Å². The lowest BCUT2D eigenvalue weighted by atomic mass is 10.5. The molecule has 1 amide bonds. The van der Waals surface area contributed by atoms with Gasteiger partial charge in [0.25, 0.3) is 5.91 Å². The van der Waals surface area contributed by atoms with Crippen LogP contribution in [0.2, 0.25) is 5.28 Å². The van der Waals surface area contributed by atoms with Crippen molar-refractivity contribution >= 4 is 23.2 Å². The molecule has 0 unspecified atom stereocenters. The van der Waals surface area contributed by atoms with Gasteiger partial charge in [0.2, 0.25) is 5.28 Å². The molecule has 0 spiro atoms. The number of imidazole rings is 1. The molecule has 15 heavy (non-hydrogen) atoms. The minimum absolute atomic E-state index is 0.131. The summed E-state index contributed by atoms with van der Waals surface area (Å²) in [4.78, 5) is 25.4. The zero-order valence-electron chi connectivity index (χ0n) is 7.44. The molecule has 0 aliphatic carbocycles. The third-order valence-corrected chi connectivity index (χ3v) is 1.79. The van der Waals surface area contributed by atoms with Gasteiger partial charge in [-0.3, -0.25) is 4.79 Å². The molecule has 2 aromatic rings. The van der Waals surface area contributed by atoms with Crippen LogP contribution in [0.1, 0.15) is 10.6 Å². The standard InChI is InChI=1S/C8H6ClN5O/c9-8-12-3-5(4-13-8)14-7(15)6-10-1-2-11-6/h1-4H,(H,10,11)(H,14,15). The number of anilines is 1. The maximum atomic E-state index is 11.5. The molecule has 7 heteroatoms. The summed E-state index contributed by atoms with van der Waals surface area (Å²) in [6.45, 7) is 0. The average molecular weight is 224 g/mol. The van der Waals surface area contributed by atoms with E-state index in [1.165, 1.54) is 18.6 Å². The summed E-state index contributed by atoms with van der Waals surface area (Å²) in [5.41, 5.74) is 0.459. The normalized spacial score (nSPS) is 9.93. The Morgan fingerprint density at radius 2 is 2.07 bits per heavy atom. The average Bonchev–Trinajstić information content (AvgIpc) is 2.74. The highest BCUT2D eigenvalue weighted by Crippen LogP contribution is 2.06. The molecule has 2 N–H and O–H groups in total. The Morgan fingerprint density at radius 3 is 2.67 bits per heavy atom. The van der Waals surface area contributed by atoms with E-state index in [0.717, 1.165) is 0 Å². The van der Waals surface area contributed by atoms with Crippen LogP contribution in [0.15, 0.2) is 24.8 Å². The van der Waals surface area contributed by atoms with Crippen molar-refractivity contribution in [2.24, 2.45) is 0 Å². The molecule has 0 aromatic carbocycles. The lowest BCUT2D eigenvalue weighted by Crippen LogP contribution is -2.13. The molecule has 0 radical (unpaired) electrons. The highest BCUT2D eigenvalue weighted by molar-refractivity contribution is 6.28. The second-order valence-electron chi connectivity index (χ2n) is 2.63. The van der Waals surface area contributed by atoms with Crippen LogP contribution in [0.4, 0.5) is 5.69 Å². The van der Waals surface area contributed by atoms with E-state index in [1.54, 1.807) is 6.20 Å². The number of aromatic amines is 1. The molecule has 0 bridgehead atoms. The Labute approximate surface area is 89.7 Å². The first-order chi connectivity index (χ1) is 7.25. The summed E-state index contributed by atoms with van der Waals surface area (Å²) in [7, 11) is 0. The minimum atomic E-state index is -0.356. The Bertz CT molecular complexity index is 452. The molecule has 0 saturated carbocycles. The number of carbonyl (C=O) groups excluding carboxylic acids is 1. The van der Waals surface area contributed by atoms with Crippen LogP contribution in [0.25, 0.3) is 0 Å². The summed E-state index contributed by atoms with van der Waals surface area (Å²) in [5.74, 6) is -0.129. The first-order valence-electron chi connectivity index (χ1n) is 4.04. The van der Waals surface area contributed by atoms with Crippen molar-refractivity contribution < 1.29 is 4.79 Å². The molecular weight excluding hydrogens is 218 g/mol. The van der Waals surface area contributed by atoms with E-state index >= 15 is 0 Å². The van der Waals surface area contributed by atoms with Gasteiger partial charge in [0, 0.05) is 12.4 Å². The van der Waals surface area contributed by atoms with E-state index < -0.39 is 0 Å². The van der Waals surface area contributed by atoms with Crippen LogP contribution < -0.4 is 5.32 Å². The molecule has 0 aliphatic rings. The van der Waals surface area contributed by atoms with Gasteiger partial charge in [0.1, 0.15) is 0 Å². The van der Waals surface area contributed by atoms with Crippen LogP contribution in [-0.4, -0.2) is 25.8 Å².